The van der Waals surface area contributed by atoms with E-state index in [1.807, 2.05) is 0 Å². The predicted octanol–water partition coefficient (Wildman–Crippen LogP) is 1.10. The van der Waals surface area contributed by atoms with Gasteiger partial charge in [0.25, 0.3) is 5.92 Å². The number of rotatable bonds is 3. The number of alkyl halides is 2. The molecule has 0 radical (unpaired) electrons. The number of hydrogen-bond donors (Lipinski definition) is 2. The lowest BCUT2D eigenvalue weighted by molar-refractivity contribution is -0.110. The van der Waals surface area contributed by atoms with Crippen molar-refractivity contribution in [1.82, 2.24) is 0 Å². The number of aliphatic hydroxyl groups excluding tert-OH is 1. The molecule has 72 valence electrons. The summed E-state index contributed by atoms with van der Waals surface area (Å²) in [6.07, 6.45) is -1.82. The Morgan fingerprint density at radius 1 is 1.31 bits per heavy atom. The molecule has 2 nitrogen and oxygen atoms in total. The summed E-state index contributed by atoms with van der Waals surface area (Å²) in [7, 11) is 0. The van der Waals surface area contributed by atoms with Gasteiger partial charge in [-0.3, -0.25) is 0 Å². The van der Waals surface area contributed by atoms with Gasteiger partial charge in [0.15, 0.2) is 0 Å². The Labute approximate surface area is 75.0 Å². The van der Waals surface area contributed by atoms with E-state index in [2.05, 4.69) is 0 Å². The van der Waals surface area contributed by atoms with Crippen molar-refractivity contribution >= 4 is 0 Å². The van der Waals surface area contributed by atoms with Crippen LogP contribution in [0.1, 0.15) is 5.56 Å². The molecule has 13 heavy (non-hydrogen) atoms. The Morgan fingerprint density at radius 3 is 2.31 bits per heavy atom. The van der Waals surface area contributed by atoms with E-state index < -0.39 is 18.6 Å². The molecule has 0 saturated carbocycles. The van der Waals surface area contributed by atoms with Gasteiger partial charge < -0.3 is 10.8 Å². The Morgan fingerprint density at radius 2 is 1.85 bits per heavy atom. The molecule has 0 heterocycles. The van der Waals surface area contributed by atoms with E-state index in [9.17, 15) is 8.78 Å². The molecule has 0 saturated heterocycles. The van der Waals surface area contributed by atoms with E-state index in [-0.39, 0.29) is 5.56 Å². The molecule has 0 fully saturated rings. The molecule has 0 spiro atoms. The summed E-state index contributed by atoms with van der Waals surface area (Å²) in [5.74, 6) is -3.27. The molecule has 0 aliphatic carbocycles. The maximum absolute atomic E-state index is 13.2. The van der Waals surface area contributed by atoms with Crippen LogP contribution in [-0.2, 0) is 5.92 Å². The van der Waals surface area contributed by atoms with Gasteiger partial charge in [0, 0.05) is 12.1 Å². The first kappa shape index (κ1) is 10.1. The van der Waals surface area contributed by atoms with Crippen molar-refractivity contribution in [3.05, 3.63) is 35.9 Å². The fraction of sp³-hybridized carbons (Fsp3) is 0.333. The molecule has 4 heteroatoms. The van der Waals surface area contributed by atoms with Crippen molar-refractivity contribution in [1.29, 1.82) is 0 Å². The van der Waals surface area contributed by atoms with Gasteiger partial charge in [-0.1, -0.05) is 30.3 Å². The van der Waals surface area contributed by atoms with Crippen LogP contribution in [0.15, 0.2) is 30.3 Å². The molecule has 1 aromatic carbocycles. The molecule has 0 aliphatic rings. The standard InChI is InChI=1S/C9H11F2NO/c10-9(11,8(13)6-12)7-4-2-1-3-5-7/h1-5,8,13H,6,12H2/t8-/m0/s1. The highest BCUT2D eigenvalue weighted by atomic mass is 19.3. The Hall–Kier alpha value is -1.00. The lowest BCUT2D eigenvalue weighted by atomic mass is 10.0. The first-order chi connectivity index (χ1) is 6.09. The van der Waals surface area contributed by atoms with Crippen LogP contribution in [0.4, 0.5) is 8.78 Å². The normalized spacial score (nSPS) is 14.2. The average Bonchev–Trinajstić information content (AvgIpc) is 2.18. The van der Waals surface area contributed by atoms with Gasteiger partial charge in [-0.25, -0.2) is 0 Å². The van der Waals surface area contributed by atoms with Gasteiger partial charge in [-0.05, 0) is 0 Å². The highest BCUT2D eigenvalue weighted by molar-refractivity contribution is 5.21. The minimum absolute atomic E-state index is 0.215. The van der Waals surface area contributed by atoms with Crippen molar-refractivity contribution in [3.8, 4) is 0 Å². The summed E-state index contributed by atoms with van der Waals surface area (Å²) >= 11 is 0. The smallest absolute Gasteiger partial charge is 0.299 e. The summed E-state index contributed by atoms with van der Waals surface area (Å²) in [4.78, 5) is 0. The second-order valence-corrected chi connectivity index (χ2v) is 2.74. The van der Waals surface area contributed by atoms with Crippen molar-refractivity contribution in [2.75, 3.05) is 6.54 Å². The second kappa shape index (κ2) is 3.81. The predicted molar refractivity (Wildman–Crippen MR) is 45.4 cm³/mol. The molecule has 0 aliphatic heterocycles. The quantitative estimate of drug-likeness (QED) is 0.744. The van der Waals surface area contributed by atoms with Crippen molar-refractivity contribution < 1.29 is 13.9 Å². The summed E-state index contributed by atoms with van der Waals surface area (Å²) in [6.45, 7) is -0.456. The summed E-state index contributed by atoms with van der Waals surface area (Å²) < 4.78 is 26.4. The Balaban J connectivity index is 2.93. The fourth-order valence-electron chi connectivity index (χ4n) is 1.00. The van der Waals surface area contributed by atoms with E-state index in [1.165, 1.54) is 24.3 Å². The third-order valence-corrected chi connectivity index (χ3v) is 1.80. The largest absolute Gasteiger partial charge is 0.385 e. The summed E-state index contributed by atoms with van der Waals surface area (Å²) in [5.41, 5.74) is 4.75. The summed E-state index contributed by atoms with van der Waals surface area (Å²) in [5, 5.41) is 8.96. The minimum Gasteiger partial charge on any atom is -0.385 e. The number of hydrogen-bond acceptors (Lipinski definition) is 2. The van der Waals surface area contributed by atoms with E-state index in [1.54, 1.807) is 6.07 Å². The minimum atomic E-state index is -3.27. The maximum Gasteiger partial charge on any atom is 0.299 e. The van der Waals surface area contributed by atoms with E-state index in [0.29, 0.717) is 0 Å². The summed E-state index contributed by atoms with van der Waals surface area (Å²) in [6, 6.07) is 7.14. The molecule has 1 aromatic rings. The first-order valence-corrected chi connectivity index (χ1v) is 3.90. The number of nitrogens with two attached hydrogens (primary N) is 1. The monoisotopic (exact) mass is 187 g/mol. The van der Waals surface area contributed by atoms with Crippen LogP contribution in [0.3, 0.4) is 0 Å². The Bertz CT molecular complexity index is 264. The van der Waals surface area contributed by atoms with Gasteiger partial charge in [-0.15, -0.1) is 0 Å². The number of halogens is 2. The topological polar surface area (TPSA) is 46.2 Å². The zero-order valence-corrected chi connectivity index (χ0v) is 6.95. The second-order valence-electron chi connectivity index (χ2n) is 2.74. The number of aliphatic hydroxyl groups is 1. The SMILES string of the molecule is NC[C@H](O)C(F)(F)c1ccccc1. The number of benzene rings is 1. The highest BCUT2D eigenvalue weighted by Crippen LogP contribution is 2.30. The van der Waals surface area contributed by atoms with Gasteiger partial charge in [-0.2, -0.15) is 8.78 Å². The van der Waals surface area contributed by atoms with Crippen molar-refractivity contribution in [2.24, 2.45) is 5.73 Å². The van der Waals surface area contributed by atoms with Gasteiger partial charge in [0.2, 0.25) is 0 Å². The lowest BCUT2D eigenvalue weighted by Gasteiger charge is -2.21. The highest BCUT2D eigenvalue weighted by Gasteiger charge is 2.39. The molecule has 3 N–H and O–H groups in total. The van der Waals surface area contributed by atoms with E-state index in [4.69, 9.17) is 10.8 Å². The zero-order chi connectivity index (χ0) is 9.90. The van der Waals surface area contributed by atoms with Crippen LogP contribution in [0.5, 0.6) is 0 Å². The maximum atomic E-state index is 13.2. The molecule has 0 unspecified atom stereocenters. The van der Waals surface area contributed by atoms with Crippen LogP contribution in [-0.4, -0.2) is 17.8 Å². The van der Waals surface area contributed by atoms with Gasteiger partial charge >= 0.3 is 0 Å². The van der Waals surface area contributed by atoms with Crippen molar-refractivity contribution in [2.45, 2.75) is 12.0 Å². The third-order valence-electron chi connectivity index (χ3n) is 1.80. The third kappa shape index (κ3) is 2.02. The van der Waals surface area contributed by atoms with E-state index >= 15 is 0 Å². The molecular formula is C9H11F2NO. The zero-order valence-electron chi connectivity index (χ0n) is 6.95. The molecule has 0 bridgehead atoms. The molecule has 1 rings (SSSR count). The molecule has 0 aromatic heterocycles. The van der Waals surface area contributed by atoms with Gasteiger partial charge in [0.1, 0.15) is 6.10 Å². The van der Waals surface area contributed by atoms with Crippen LogP contribution in [0.2, 0.25) is 0 Å². The fourth-order valence-corrected chi connectivity index (χ4v) is 1.00. The van der Waals surface area contributed by atoms with Crippen LogP contribution >= 0.6 is 0 Å². The molecular weight excluding hydrogens is 176 g/mol. The Kier molecular flexibility index (Phi) is 2.95. The molecule has 0 amide bonds. The van der Waals surface area contributed by atoms with Crippen LogP contribution in [0.25, 0.3) is 0 Å². The molecule has 1 atom stereocenters. The average molecular weight is 187 g/mol. The first-order valence-electron chi connectivity index (χ1n) is 3.90. The van der Waals surface area contributed by atoms with Crippen molar-refractivity contribution in [3.63, 3.8) is 0 Å². The van der Waals surface area contributed by atoms with E-state index in [0.717, 1.165) is 0 Å². The van der Waals surface area contributed by atoms with Gasteiger partial charge in [0.05, 0.1) is 0 Å². The lowest BCUT2D eigenvalue weighted by Crippen LogP contribution is -2.37. The van der Waals surface area contributed by atoms with Crippen LogP contribution < -0.4 is 5.73 Å². The van der Waals surface area contributed by atoms with Crippen LogP contribution in [0, 0.1) is 0 Å².